The third-order valence-corrected chi connectivity index (χ3v) is 3.55. The van der Waals surface area contributed by atoms with Gasteiger partial charge in [-0.1, -0.05) is 35.3 Å². The average Bonchev–Trinajstić information content (AvgIpc) is 2.52. The molecular weight excluding hydrogens is 339 g/mol. The van der Waals surface area contributed by atoms with Crippen LogP contribution in [0.1, 0.15) is 5.56 Å². The minimum Gasteiger partial charge on any atom is -0.506 e. The van der Waals surface area contributed by atoms with E-state index in [0.717, 1.165) is 0 Å². The zero-order chi connectivity index (χ0) is 16.4. The highest BCUT2D eigenvalue weighted by Gasteiger charge is 2.06. The molecule has 0 amide bonds. The number of para-hydroxylation sites is 1. The molecule has 0 aliphatic heterocycles. The topological polar surface area (TPSA) is 90.4 Å². The van der Waals surface area contributed by atoms with Crippen LogP contribution in [0.15, 0.2) is 46.3 Å². The second kappa shape index (κ2) is 6.28. The number of nitrogens with one attached hydrogen (secondary N) is 2. The van der Waals surface area contributed by atoms with E-state index in [2.05, 4.69) is 20.5 Å². The Labute approximate surface area is 140 Å². The predicted octanol–water partition coefficient (Wildman–Crippen LogP) is 3.38. The summed E-state index contributed by atoms with van der Waals surface area (Å²) in [7, 11) is 0. The summed E-state index contributed by atoms with van der Waals surface area (Å²) in [4.78, 5) is 18.7. The van der Waals surface area contributed by atoms with Crippen LogP contribution in [0.2, 0.25) is 10.0 Å². The van der Waals surface area contributed by atoms with Gasteiger partial charge < -0.3 is 5.11 Å². The highest BCUT2D eigenvalue weighted by atomic mass is 35.5. The smallest absolute Gasteiger partial charge is 0.260 e. The van der Waals surface area contributed by atoms with Gasteiger partial charge in [-0.05, 0) is 24.3 Å². The lowest BCUT2D eigenvalue weighted by Crippen LogP contribution is -2.10. The van der Waals surface area contributed by atoms with Crippen molar-refractivity contribution < 1.29 is 5.11 Å². The maximum atomic E-state index is 11.9. The molecular formula is C15H10Cl2N4O2. The van der Waals surface area contributed by atoms with E-state index in [4.69, 9.17) is 23.2 Å². The molecule has 116 valence electrons. The van der Waals surface area contributed by atoms with Crippen molar-refractivity contribution in [1.82, 2.24) is 9.97 Å². The number of aromatic amines is 1. The van der Waals surface area contributed by atoms with Gasteiger partial charge in [0.1, 0.15) is 5.75 Å². The standard InChI is InChI=1S/C15H10Cl2N4O2/c16-9-5-8(13(22)11(17)6-9)7-18-21-15-19-12-4-2-1-3-10(12)14(23)20-15/h1-7,22H,(H2,19,20,21,23)/b18-7-. The number of nitrogens with zero attached hydrogens (tertiary/aromatic N) is 2. The third kappa shape index (κ3) is 3.28. The number of phenolic OH excluding ortho intramolecular Hbond substituents is 1. The van der Waals surface area contributed by atoms with Gasteiger partial charge in [-0.3, -0.25) is 9.78 Å². The molecule has 0 bridgehead atoms. The molecule has 6 nitrogen and oxygen atoms in total. The fourth-order valence-electron chi connectivity index (χ4n) is 1.99. The molecule has 3 rings (SSSR count). The molecule has 2 aromatic carbocycles. The molecule has 1 aromatic heterocycles. The molecule has 0 fully saturated rings. The molecule has 3 N–H and O–H groups in total. The summed E-state index contributed by atoms with van der Waals surface area (Å²) in [6.45, 7) is 0. The van der Waals surface area contributed by atoms with E-state index in [9.17, 15) is 9.90 Å². The summed E-state index contributed by atoms with van der Waals surface area (Å²) < 4.78 is 0. The Hall–Kier alpha value is -2.57. The van der Waals surface area contributed by atoms with E-state index in [1.54, 1.807) is 24.3 Å². The number of aromatic hydroxyl groups is 1. The number of hydrogen-bond donors (Lipinski definition) is 3. The highest BCUT2D eigenvalue weighted by Crippen LogP contribution is 2.29. The summed E-state index contributed by atoms with van der Waals surface area (Å²) in [5.41, 5.74) is 3.20. The van der Waals surface area contributed by atoms with Crippen LogP contribution in [0.4, 0.5) is 5.95 Å². The van der Waals surface area contributed by atoms with Crippen molar-refractivity contribution in [2.75, 3.05) is 5.43 Å². The van der Waals surface area contributed by atoms with Crippen LogP contribution in [0.3, 0.4) is 0 Å². The highest BCUT2D eigenvalue weighted by molar-refractivity contribution is 6.36. The number of hydrogen-bond acceptors (Lipinski definition) is 5. The lowest BCUT2D eigenvalue weighted by Gasteiger charge is -2.03. The molecule has 0 radical (unpaired) electrons. The summed E-state index contributed by atoms with van der Waals surface area (Å²) in [5.74, 6) is 0.0409. The Morgan fingerprint density at radius 1 is 1.26 bits per heavy atom. The fourth-order valence-corrected chi connectivity index (χ4v) is 2.50. The van der Waals surface area contributed by atoms with E-state index in [1.165, 1.54) is 18.3 Å². The lowest BCUT2D eigenvalue weighted by atomic mass is 10.2. The van der Waals surface area contributed by atoms with Gasteiger partial charge in [0.2, 0.25) is 5.95 Å². The first-order chi connectivity index (χ1) is 11.0. The second-order valence-corrected chi connectivity index (χ2v) is 5.47. The number of halogens is 2. The number of benzene rings is 2. The number of anilines is 1. The maximum absolute atomic E-state index is 11.9. The Morgan fingerprint density at radius 3 is 2.87 bits per heavy atom. The molecule has 1 heterocycles. The van der Waals surface area contributed by atoms with E-state index in [0.29, 0.717) is 21.5 Å². The molecule has 8 heteroatoms. The van der Waals surface area contributed by atoms with Crippen molar-refractivity contribution >= 4 is 46.3 Å². The monoisotopic (exact) mass is 348 g/mol. The number of hydrazone groups is 1. The van der Waals surface area contributed by atoms with Crippen LogP contribution in [0.5, 0.6) is 5.75 Å². The van der Waals surface area contributed by atoms with Gasteiger partial charge in [0.15, 0.2) is 0 Å². The minimum atomic E-state index is -0.276. The van der Waals surface area contributed by atoms with Crippen LogP contribution in [-0.4, -0.2) is 21.3 Å². The van der Waals surface area contributed by atoms with Gasteiger partial charge in [-0.2, -0.15) is 5.10 Å². The first-order valence-corrected chi connectivity index (χ1v) is 7.26. The van der Waals surface area contributed by atoms with Gasteiger partial charge in [0, 0.05) is 10.6 Å². The molecule has 0 atom stereocenters. The van der Waals surface area contributed by atoms with Gasteiger partial charge in [0.25, 0.3) is 5.56 Å². The Kier molecular flexibility index (Phi) is 4.18. The van der Waals surface area contributed by atoms with E-state index >= 15 is 0 Å². The lowest BCUT2D eigenvalue weighted by molar-refractivity contribution is 0.475. The van der Waals surface area contributed by atoms with Gasteiger partial charge in [-0.25, -0.2) is 10.4 Å². The Bertz CT molecular complexity index is 969. The molecule has 23 heavy (non-hydrogen) atoms. The Balaban J connectivity index is 1.88. The predicted molar refractivity (Wildman–Crippen MR) is 91.7 cm³/mol. The normalized spacial score (nSPS) is 11.2. The number of fused-ring (bicyclic) bond motifs is 1. The fraction of sp³-hybridized carbons (Fsp3) is 0. The first kappa shape index (κ1) is 15.3. The van der Waals surface area contributed by atoms with Crippen molar-refractivity contribution in [2.24, 2.45) is 5.10 Å². The first-order valence-electron chi connectivity index (χ1n) is 6.51. The third-order valence-electron chi connectivity index (χ3n) is 3.04. The van der Waals surface area contributed by atoms with Crippen molar-refractivity contribution in [3.8, 4) is 5.75 Å². The van der Waals surface area contributed by atoms with Crippen LogP contribution >= 0.6 is 23.2 Å². The maximum Gasteiger partial charge on any atom is 0.260 e. The second-order valence-electron chi connectivity index (χ2n) is 4.63. The van der Waals surface area contributed by atoms with Crippen molar-refractivity contribution in [1.29, 1.82) is 0 Å². The number of phenols is 1. The molecule has 0 aliphatic rings. The van der Waals surface area contributed by atoms with Crippen LogP contribution in [-0.2, 0) is 0 Å². The summed E-state index contributed by atoms with van der Waals surface area (Å²) in [6, 6.07) is 9.88. The molecule has 0 aliphatic carbocycles. The largest absolute Gasteiger partial charge is 0.506 e. The SMILES string of the molecule is O=c1[nH]c(N/N=C\c2cc(Cl)cc(Cl)c2O)nc2ccccc12. The van der Waals surface area contributed by atoms with E-state index in [1.807, 2.05) is 0 Å². The van der Waals surface area contributed by atoms with Crippen molar-refractivity contribution in [3.63, 3.8) is 0 Å². The van der Waals surface area contributed by atoms with Gasteiger partial charge in [-0.15, -0.1) is 0 Å². The number of rotatable bonds is 3. The average molecular weight is 349 g/mol. The van der Waals surface area contributed by atoms with Gasteiger partial charge in [0.05, 0.1) is 22.1 Å². The Morgan fingerprint density at radius 2 is 2.04 bits per heavy atom. The zero-order valence-corrected chi connectivity index (χ0v) is 13.1. The van der Waals surface area contributed by atoms with Crippen LogP contribution < -0.4 is 11.0 Å². The molecule has 0 saturated heterocycles. The van der Waals surface area contributed by atoms with E-state index in [-0.39, 0.29) is 22.3 Å². The summed E-state index contributed by atoms with van der Waals surface area (Å²) in [6.07, 6.45) is 1.32. The number of H-pyrrole nitrogens is 1. The summed E-state index contributed by atoms with van der Waals surface area (Å²) >= 11 is 11.7. The molecule has 0 spiro atoms. The molecule has 0 saturated carbocycles. The van der Waals surface area contributed by atoms with Crippen molar-refractivity contribution in [2.45, 2.75) is 0 Å². The van der Waals surface area contributed by atoms with Crippen molar-refractivity contribution in [3.05, 3.63) is 62.4 Å². The summed E-state index contributed by atoms with van der Waals surface area (Å²) in [5, 5.41) is 14.7. The zero-order valence-electron chi connectivity index (χ0n) is 11.5. The number of aromatic nitrogens is 2. The van der Waals surface area contributed by atoms with Gasteiger partial charge >= 0.3 is 0 Å². The van der Waals surface area contributed by atoms with Crippen LogP contribution in [0.25, 0.3) is 10.9 Å². The molecule has 0 unspecified atom stereocenters. The van der Waals surface area contributed by atoms with Crippen LogP contribution in [0, 0.1) is 0 Å². The molecule has 3 aromatic rings. The quantitative estimate of drug-likeness (QED) is 0.499. The van der Waals surface area contributed by atoms with E-state index < -0.39 is 0 Å². The minimum absolute atomic E-state index is 0.121.